The Morgan fingerprint density at radius 1 is 0.750 bits per heavy atom. The number of rotatable bonds is 16. The molecular weight excluding hydrogens is 419 g/mol. The van der Waals surface area contributed by atoms with Crippen molar-refractivity contribution in [2.24, 2.45) is 0 Å². The molecule has 0 heterocycles. The average Bonchev–Trinajstić information content (AvgIpc) is 2.72. The molecule has 1 unspecified atom stereocenters. The summed E-state index contributed by atoms with van der Waals surface area (Å²) < 4.78 is 70.7. The second-order valence-electron chi connectivity index (χ2n) is 5.86. The summed E-state index contributed by atoms with van der Waals surface area (Å²) in [4.78, 5) is 13.2. The maximum atomic E-state index is 13.6. The van der Waals surface area contributed by atoms with Crippen LogP contribution in [0, 0.1) is 0 Å². The smallest absolute Gasteiger partial charge is 0.377 e. The predicted molar refractivity (Wildman–Crippen MR) is 99.9 cm³/mol. The number of carbonyl (C=O) groups excluding carboxylic acids is 1. The molecule has 1 amide bonds. The van der Waals surface area contributed by atoms with Crippen LogP contribution >= 0.6 is 0 Å². The predicted octanol–water partition coefficient (Wildman–Crippen LogP) is 1.95. The lowest BCUT2D eigenvalue weighted by Gasteiger charge is -2.29. The van der Waals surface area contributed by atoms with Crippen LogP contribution in [0.1, 0.15) is 12.8 Å². The molecule has 0 aromatic rings. The number of halogens is 3. The summed E-state index contributed by atoms with van der Waals surface area (Å²) in [6, 6.07) is 0.692. The van der Waals surface area contributed by atoms with Gasteiger partial charge in [-0.2, -0.15) is 0 Å². The van der Waals surface area contributed by atoms with Crippen molar-refractivity contribution in [1.82, 2.24) is 4.90 Å². The Morgan fingerprint density at radius 3 is 1.32 bits per heavy atom. The van der Waals surface area contributed by atoms with Gasteiger partial charge < -0.3 is 31.5 Å². The number of hydrogen-bond donors (Lipinski definition) is 0. The minimum absolute atomic E-state index is 0.0539. The highest BCUT2D eigenvalue weighted by molar-refractivity contribution is 6.60. The molecule has 1 atom stereocenters. The third-order valence-corrected chi connectivity index (χ3v) is 10.1. The van der Waals surface area contributed by atoms with Gasteiger partial charge in [-0.3, -0.25) is 4.79 Å². The third-order valence-electron chi connectivity index (χ3n) is 4.46. The average molecular weight is 452 g/mol. The van der Waals surface area contributed by atoms with E-state index in [4.69, 9.17) is 26.6 Å². The van der Waals surface area contributed by atoms with Crippen molar-refractivity contribution >= 4 is 23.5 Å². The van der Waals surface area contributed by atoms with Crippen molar-refractivity contribution in [1.29, 1.82) is 0 Å². The molecule has 0 radical (unpaired) electrons. The summed E-state index contributed by atoms with van der Waals surface area (Å²) in [5, 5.41) is 0. The van der Waals surface area contributed by atoms with E-state index in [1.807, 2.05) is 0 Å². The molecular formula is C15H32F3NO7Si2. The van der Waals surface area contributed by atoms with E-state index >= 15 is 0 Å². The first-order chi connectivity index (χ1) is 13.2. The third kappa shape index (κ3) is 8.06. The second kappa shape index (κ2) is 13.6. The number of nitrogens with zero attached hydrogens (tertiary/aromatic N) is 1. The molecule has 0 N–H and O–H groups in total. The molecule has 0 saturated carbocycles. The summed E-state index contributed by atoms with van der Waals surface area (Å²) in [5.41, 5.74) is 0. The molecule has 0 aliphatic carbocycles. The van der Waals surface area contributed by atoms with E-state index in [0.29, 0.717) is 24.9 Å². The lowest BCUT2D eigenvalue weighted by Crippen LogP contribution is -2.46. The lowest BCUT2D eigenvalue weighted by molar-refractivity contribution is -0.142. The molecule has 0 aromatic heterocycles. The Labute approximate surface area is 166 Å². The monoisotopic (exact) mass is 451 g/mol. The molecule has 0 spiro atoms. The number of carbonyl (C=O) groups is 1. The van der Waals surface area contributed by atoms with E-state index in [1.54, 1.807) is 0 Å². The minimum atomic E-state index is -3.38. The van der Waals surface area contributed by atoms with Crippen LogP contribution in [-0.2, 0) is 31.4 Å². The summed E-state index contributed by atoms with van der Waals surface area (Å²) in [5.74, 6) is -1.26. The van der Waals surface area contributed by atoms with Crippen LogP contribution < -0.4 is 0 Å². The maximum absolute atomic E-state index is 13.6. The molecule has 28 heavy (non-hydrogen) atoms. The summed E-state index contributed by atoms with van der Waals surface area (Å²) in [7, 11) is 2.91. The van der Waals surface area contributed by atoms with Gasteiger partial charge in [0.1, 0.15) is 0 Å². The van der Waals surface area contributed by atoms with E-state index in [0.717, 1.165) is 4.90 Å². The molecule has 0 saturated heterocycles. The molecule has 0 aliphatic rings. The summed E-state index contributed by atoms with van der Waals surface area (Å²) in [6.07, 6.45) is -5.58. The first-order valence-corrected chi connectivity index (χ1v) is 12.6. The van der Waals surface area contributed by atoms with Gasteiger partial charge in [0.15, 0.2) is 0 Å². The molecule has 0 aromatic carbocycles. The van der Waals surface area contributed by atoms with Crippen LogP contribution in [0.2, 0.25) is 12.1 Å². The van der Waals surface area contributed by atoms with E-state index in [-0.39, 0.29) is 13.1 Å². The number of hydrogen-bond acceptors (Lipinski definition) is 7. The van der Waals surface area contributed by atoms with Crippen LogP contribution in [0.4, 0.5) is 13.2 Å². The van der Waals surface area contributed by atoms with Gasteiger partial charge >= 0.3 is 17.6 Å². The van der Waals surface area contributed by atoms with Gasteiger partial charge in [0, 0.05) is 67.8 Å². The number of amides is 1. The summed E-state index contributed by atoms with van der Waals surface area (Å²) in [6.45, 7) is 0.108. The highest BCUT2D eigenvalue weighted by Gasteiger charge is 2.39. The van der Waals surface area contributed by atoms with Crippen molar-refractivity contribution in [3.05, 3.63) is 0 Å². The normalized spacial score (nSPS) is 13.8. The van der Waals surface area contributed by atoms with E-state index in [9.17, 15) is 18.0 Å². The second-order valence-corrected chi connectivity index (χ2v) is 12.0. The van der Waals surface area contributed by atoms with Crippen LogP contribution in [0.3, 0.4) is 0 Å². The van der Waals surface area contributed by atoms with E-state index < -0.39 is 36.1 Å². The van der Waals surface area contributed by atoms with Crippen molar-refractivity contribution in [2.45, 2.75) is 37.5 Å². The Bertz CT molecular complexity index is 401. The van der Waals surface area contributed by atoms with E-state index in [2.05, 4.69) is 0 Å². The van der Waals surface area contributed by atoms with Crippen molar-refractivity contribution in [2.75, 3.05) is 55.7 Å². The molecule has 0 bridgehead atoms. The number of alkyl halides is 3. The minimum Gasteiger partial charge on any atom is -0.377 e. The summed E-state index contributed by atoms with van der Waals surface area (Å²) >= 11 is 0. The molecule has 0 aliphatic heterocycles. The van der Waals surface area contributed by atoms with E-state index in [1.165, 1.54) is 42.7 Å². The highest BCUT2D eigenvalue weighted by Crippen LogP contribution is 2.19. The molecule has 13 heteroatoms. The highest BCUT2D eigenvalue weighted by atomic mass is 28.4. The fourth-order valence-electron chi connectivity index (χ4n) is 2.70. The molecule has 8 nitrogen and oxygen atoms in total. The molecule has 0 rings (SSSR count). The standard InChI is InChI=1S/C15H32F3NO7Si2/c1-21-27(22-2,23-3)11-7-9-19(15(20)13(16)14(17)18)10-8-12-28(24-4,25-5)26-6/h13-14H,7-12H2,1-6H3. The van der Waals surface area contributed by atoms with Gasteiger partial charge in [-0.25, -0.2) is 13.2 Å². The van der Waals surface area contributed by atoms with Gasteiger partial charge in [-0.1, -0.05) is 0 Å². The SMILES string of the molecule is CO[Si](CCCN(CCC[Si](OC)(OC)OC)C(=O)C(F)C(F)F)(OC)OC. The lowest BCUT2D eigenvalue weighted by atomic mass is 10.3. The van der Waals surface area contributed by atoms with Crippen molar-refractivity contribution in [3.8, 4) is 0 Å². The van der Waals surface area contributed by atoms with Crippen LogP contribution in [0.5, 0.6) is 0 Å². The molecule has 168 valence electrons. The van der Waals surface area contributed by atoms with Gasteiger partial charge in [-0.15, -0.1) is 0 Å². The Morgan fingerprint density at radius 2 is 1.07 bits per heavy atom. The Kier molecular flexibility index (Phi) is 13.4. The first-order valence-electron chi connectivity index (χ1n) is 8.72. The van der Waals surface area contributed by atoms with Crippen LogP contribution in [0.15, 0.2) is 0 Å². The topological polar surface area (TPSA) is 75.7 Å². The van der Waals surface area contributed by atoms with Crippen LogP contribution in [0.25, 0.3) is 0 Å². The first kappa shape index (κ1) is 27.5. The van der Waals surface area contributed by atoms with Gasteiger partial charge in [-0.05, 0) is 12.8 Å². The van der Waals surface area contributed by atoms with Crippen molar-refractivity contribution < 1.29 is 44.5 Å². The Hall–Kier alpha value is -0.546. The van der Waals surface area contributed by atoms with Crippen molar-refractivity contribution in [3.63, 3.8) is 0 Å². The van der Waals surface area contributed by atoms with Gasteiger partial charge in [0.25, 0.3) is 12.3 Å². The Balaban J connectivity index is 5.00. The fraction of sp³-hybridized carbons (Fsp3) is 0.933. The van der Waals surface area contributed by atoms with Gasteiger partial charge in [0.05, 0.1) is 0 Å². The zero-order chi connectivity index (χ0) is 21.8. The molecule has 0 fully saturated rings. The van der Waals surface area contributed by atoms with Crippen LogP contribution in [-0.4, -0.2) is 96.8 Å². The van der Waals surface area contributed by atoms with Gasteiger partial charge in [0.2, 0.25) is 6.17 Å². The maximum Gasteiger partial charge on any atom is 0.500 e. The zero-order valence-corrected chi connectivity index (χ0v) is 19.3. The largest absolute Gasteiger partial charge is 0.500 e. The fourth-order valence-corrected chi connectivity index (χ4v) is 6.11. The zero-order valence-electron chi connectivity index (χ0n) is 17.3. The quantitative estimate of drug-likeness (QED) is 0.332.